The number of rotatable bonds is 10. The van der Waals surface area contributed by atoms with Crippen LogP contribution >= 0.6 is 0 Å². The molecule has 0 bridgehead atoms. The predicted octanol–water partition coefficient (Wildman–Crippen LogP) is 4.45. The van der Waals surface area contributed by atoms with Crippen molar-refractivity contribution in [2.24, 2.45) is 0 Å². The predicted molar refractivity (Wildman–Crippen MR) is 116 cm³/mol. The Hall–Kier alpha value is -2.89. The third kappa shape index (κ3) is 6.05. The average Bonchev–Trinajstić information content (AvgIpc) is 2.75. The van der Waals surface area contributed by atoms with Crippen molar-refractivity contribution in [2.75, 3.05) is 20.8 Å². The van der Waals surface area contributed by atoms with Crippen LogP contribution in [0.4, 0.5) is 4.39 Å². The summed E-state index contributed by atoms with van der Waals surface area (Å²) in [5.41, 5.74) is 3.03. The van der Waals surface area contributed by atoms with E-state index in [0.717, 1.165) is 16.7 Å². The van der Waals surface area contributed by atoms with Crippen LogP contribution in [0, 0.1) is 5.82 Å². The molecule has 3 aromatic carbocycles. The van der Waals surface area contributed by atoms with Crippen molar-refractivity contribution in [2.45, 2.75) is 25.6 Å². The van der Waals surface area contributed by atoms with E-state index in [1.54, 1.807) is 26.4 Å². The first-order valence-corrected chi connectivity index (χ1v) is 9.97. The van der Waals surface area contributed by atoms with Gasteiger partial charge in [0.2, 0.25) is 0 Å². The van der Waals surface area contributed by atoms with Crippen molar-refractivity contribution < 1.29 is 19.0 Å². The van der Waals surface area contributed by atoms with E-state index in [1.165, 1.54) is 12.1 Å². The second kappa shape index (κ2) is 10.8. The van der Waals surface area contributed by atoms with E-state index in [0.29, 0.717) is 37.6 Å². The van der Waals surface area contributed by atoms with Gasteiger partial charge in [-0.05, 0) is 35.7 Å². The lowest BCUT2D eigenvalue weighted by Gasteiger charge is -2.26. The molecule has 0 radical (unpaired) electrons. The molecule has 0 aliphatic heterocycles. The Bertz CT molecular complexity index is 915. The van der Waals surface area contributed by atoms with Crippen LogP contribution < -0.4 is 9.47 Å². The summed E-state index contributed by atoms with van der Waals surface area (Å²) in [4.78, 5) is 2.14. The summed E-state index contributed by atoms with van der Waals surface area (Å²) in [5, 5.41) is 10.7. The summed E-state index contributed by atoms with van der Waals surface area (Å²) in [7, 11) is 3.23. The molecule has 1 unspecified atom stereocenters. The normalized spacial score (nSPS) is 12.0. The van der Waals surface area contributed by atoms with Gasteiger partial charge in [-0.25, -0.2) is 4.39 Å². The van der Waals surface area contributed by atoms with Gasteiger partial charge in [-0.2, -0.15) is 0 Å². The van der Waals surface area contributed by atoms with Gasteiger partial charge in [0.05, 0.1) is 20.3 Å². The molecule has 1 N–H and O–H groups in total. The lowest BCUT2D eigenvalue weighted by molar-refractivity contribution is 0.104. The van der Waals surface area contributed by atoms with Crippen LogP contribution in [0.2, 0.25) is 0 Å². The maximum absolute atomic E-state index is 13.3. The molecule has 0 aliphatic rings. The first-order chi connectivity index (χ1) is 14.6. The molecule has 0 heterocycles. The molecule has 30 heavy (non-hydrogen) atoms. The number of ether oxygens (including phenoxy) is 2. The van der Waals surface area contributed by atoms with Crippen LogP contribution in [-0.2, 0) is 19.5 Å². The Morgan fingerprint density at radius 2 is 1.57 bits per heavy atom. The molecular formula is C25H28FNO3. The van der Waals surface area contributed by atoms with Crippen LogP contribution in [-0.4, -0.2) is 36.9 Å². The molecule has 0 saturated carbocycles. The van der Waals surface area contributed by atoms with Crippen LogP contribution in [0.3, 0.4) is 0 Å². The first-order valence-electron chi connectivity index (χ1n) is 9.97. The standard InChI is InChI=1S/C25H28FNO3/c1-29-24-10-6-9-21(25(24)30-2)17-27(16-20-11-13-22(26)14-12-20)18-23(28)15-19-7-4-3-5-8-19/h3-14,23,28H,15-18H2,1-2H3. The minimum Gasteiger partial charge on any atom is -0.493 e. The number of halogens is 1. The van der Waals surface area contributed by atoms with Crippen molar-refractivity contribution in [1.82, 2.24) is 4.90 Å². The maximum atomic E-state index is 13.3. The molecule has 3 rings (SSSR count). The maximum Gasteiger partial charge on any atom is 0.165 e. The van der Waals surface area contributed by atoms with E-state index in [-0.39, 0.29) is 5.82 Å². The lowest BCUT2D eigenvalue weighted by Crippen LogP contribution is -2.33. The largest absolute Gasteiger partial charge is 0.493 e. The summed E-state index contributed by atoms with van der Waals surface area (Å²) in [6, 6.07) is 22.2. The molecule has 0 saturated heterocycles. The first kappa shape index (κ1) is 21.8. The third-order valence-corrected chi connectivity index (χ3v) is 4.98. The van der Waals surface area contributed by atoms with Gasteiger partial charge in [0, 0.05) is 25.2 Å². The summed E-state index contributed by atoms with van der Waals surface area (Å²) in [6.45, 7) is 1.60. The highest BCUT2D eigenvalue weighted by Gasteiger charge is 2.17. The van der Waals surface area contributed by atoms with E-state index in [1.807, 2.05) is 48.5 Å². The fraction of sp³-hybridized carbons (Fsp3) is 0.280. The quantitative estimate of drug-likeness (QED) is 0.537. The van der Waals surface area contributed by atoms with E-state index in [2.05, 4.69) is 4.90 Å². The summed E-state index contributed by atoms with van der Waals surface area (Å²) >= 11 is 0. The Kier molecular flexibility index (Phi) is 7.82. The molecule has 0 aliphatic carbocycles. The summed E-state index contributed by atoms with van der Waals surface area (Å²) in [6.07, 6.45) is 0.0279. The molecule has 0 aromatic heterocycles. The number of para-hydroxylation sites is 1. The zero-order chi connectivity index (χ0) is 21.3. The molecule has 4 nitrogen and oxygen atoms in total. The fourth-order valence-corrected chi connectivity index (χ4v) is 3.60. The van der Waals surface area contributed by atoms with Crippen LogP contribution in [0.25, 0.3) is 0 Å². The number of nitrogens with zero attached hydrogens (tertiary/aromatic N) is 1. The minimum absolute atomic E-state index is 0.260. The van der Waals surface area contributed by atoms with Gasteiger partial charge in [0.15, 0.2) is 11.5 Å². The van der Waals surface area contributed by atoms with E-state index < -0.39 is 6.10 Å². The molecular weight excluding hydrogens is 381 g/mol. The monoisotopic (exact) mass is 409 g/mol. The van der Waals surface area contributed by atoms with Gasteiger partial charge in [-0.15, -0.1) is 0 Å². The molecule has 158 valence electrons. The van der Waals surface area contributed by atoms with Crippen molar-refractivity contribution >= 4 is 0 Å². The number of aliphatic hydroxyl groups excluding tert-OH is 1. The number of hydrogen-bond donors (Lipinski definition) is 1. The second-order valence-corrected chi connectivity index (χ2v) is 7.29. The van der Waals surface area contributed by atoms with Gasteiger partial charge in [0.25, 0.3) is 0 Å². The SMILES string of the molecule is COc1cccc(CN(Cc2ccc(F)cc2)CC(O)Cc2ccccc2)c1OC. The number of aliphatic hydroxyl groups is 1. The zero-order valence-electron chi connectivity index (χ0n) is 17.4. The van der Waals surface area contributed by atoms with Gasteiger partial charge < -0.3 is 14.6 Å². The Balaban J connectivity index is 1.79. The van der Waals surface area contributed by atoms with E-state index in [9.17, 15) is 9.50 Å². The summed E-state index contributed by atoms with van der Waals surface area (Å²) < 4.78 is 24.3. The highest BCUT2D eigenvalue weighted by atomic mass is 19.1. The van der Waals surface area contributed by atoms with E-state index in [4.69, 9.17) is 9.47 Å². The topological polar surface area (TPSA) is 41.9 Å². The Morgan fingerprint density at radius 3 is 2.23 bits per heavy atom. The van der Waals surface area contributed by atoms with Crippen LogP contribution in [0.5, 0.6) is 11.5 Å². The molecule has 1 atom stereocenters. The molecule has 0 amide bonds. The Labute approximate surface area is 177 Å². The van der Waals surface area contributed by atoms with Gasteiger partial charge in [0.1, 0.15) is 5.82 Å². The van der Waals surface area contributed by atoms with Crippen LogP contribution in [0.1, 0.15) is 16.7 Å². The van der Waals surface area contributed by atoms with Gasteiger partial charge in [-0.1, -0.05) is 54.6 Å². The second-order valence-electron chi connectivity index (χ2n) is 7.29. The third-order valence-electron chi connectivity index (χ3n) is 4.98. The Morgan fingerprint density at radius 1 is 0.833 bits per heavy atom. The average molecular weight is 410 g/mol. The molecule has 3 aromatic rings. The number of benzene rings is 3. The fourth-order valence-electron chi connectivity index (χ4n) is 3.60. The zero-order valence-corrected chi connectivity index (χ0v) is 17.4. The summed E-state index contributed by atoms with van der Waals surface area (Å²) in [5.74, 6) is 1.09. The highest BCUT2D eigenvalue weighted by Crippen LogP contribution is 2.31. The van der Waals surface area contributed by atoms with Crippen molar-refractivity contribution in [3.8, 4) is 11.5 Å². The highest BCUT2D eigenvalue weighted by molar-refractivity contribution is 5.46. The van der Waals surface area contributed by atoms with Crippen molar-refractivity contribution in [3.05, 3.63) is 95.3 Å². The van der Waals surface area contributed by atoms with E-state index >= 15 is 0 Å². The van der Waals surface area contributed by atoms with Crippen molar-refractivity contribution in [3.63, 3.8) is 0 Å². The van der Waals surface area contributed by atoms with Gasteiger partial charge >= 0.3 is 0 Å². The molecule has 5 heteroatoms. The van der Waals surface area contributed by atoms with Gasteiger partial charge in [-0.3, -0.25) is 4.90 Å². The molecule has 0 spiro atoms. The lowest BCUT2D eigenvalue weighted by atomic mass is 10.1. The van der Waals surface area contributed by atoms with Crippen LogP contribution in [0.15, 0.2) is 72.8 Å². The minimum atomic E-state index is -0.538. The smallest absolute Gasteiger partial charge is 0.165 e. The number of methoxy groups -OCH3 is 2. The number of hydrogen-bond acceptors (Lipinski definition) is 4. The van der Waals surface area contributed by atoms with Crippen molar-refractivity contribution in [1.29, 1.82) is 0 Å². The molecule has 0 fully saturated rings.